The average Bonchev–Trinajstić information content (AvgIpc) is 3.00. The first-order chi connectivity index (χ1) is 13.8. The SMILES string of the molecule is CC(=Nc1ccc(CN2CCS(=O)(=O)CC2)cc1)c1c(O)[nH]c2ccc(N)cc12. The van der Waals surface area contributed by atoms with Crippen LogP contribution in [0.15, 0.2) is 47.5 Å². The monoisotopic (exact) mass is 412 g/mol. The molecule has 2 aromatic carbocycles. The number of nitrogens with two attached hydrogens (primary N) is 1. The number of nitrogens with one attached hydrogen (secondary N) is 1. The highest BCUT2D eigenvalue weighted by Gasteiger charge is 2.21. The zero-order valence-corrected chi connectivity index (χ0v) is 17.0. The van der Waals surface area contributed by atoms with Crippen LogP contribution in [-0.4, -0.2) is 53.7 Å². The summed E-state index contributed by atoms with van der Waals surface area (Å²) in [6.45, 7) is 3.73. The molecule has 8 heteroatoms. The third kappa shape index (κ3) is 4.28. The predicted octanol–water partition coefficient (Wildman–Crippen LogP) is 2.83. The van der Waals surface area contributed by atoms with Crippen molar-refractivity contribution in [3.05, 3.63) is 53.6 Å². The van der Waals surface area contributed by atoms with Crippen molar-refractivity contribution in [1.29, 1.82) is 0 Å². The zero-order chi connectivity index (χ0) is 20.6. The van der Waals surface area contributed by atoms with Crippen molar-refractivity contribution in [2.45, 2.75) is 13.5 Å². The summed E-state index contributed by atoms with van der Waals surface area (Å²) in [6.07, 6.45) is 0. The molecule has 1 aliphatic heterocycles. The van der Waals surface area contributed by atoms with Gasteiger partial charge < -0.3 is 15.8 Å². The first-order valence-electron chi connectivity index (χ1n) is 9.48. The summed E-state index contributed by atoms with van der Waals surface area (Å²) in [5.74, 6) is 0.531. The third-order valence-electron chi connectivity index (χ3n) is 5.24. The van der Waals surface area contributed by atoms with Gasteiger partial charge in [-0.15, -0.1) is 0 Å². The lowest BCUT2D eigenvalue weighted by atomic mass is 10.1. The summed E-state index contributed by atoms with van der Waals surface area (Å²) in [5, 5.41) is 11.1. The number of sulfone groups is 1. The summed E-state index contributed by atoms with van der Waals surface area (Å²) in [6, 6.07) is 13.3. The lowest BCUT2D eigenvalue weighted by molar-refractivity contribution is 0.287. The maximum Gasteiger partial charge on any atom is 0.198 e. The lowest BCUT2D eigenvalue weighted by Crippen LogP contribution is -2.39. The molecule has 0 amide bonds. The molecule has 0 atom stereocenters. The molecule has 4 N–H and O–H groups in total. The molecule has 1 aliphatic rings. The van der Waals surface area contributed by atoms with E-state index in [9.17, 15) is 13.5 Å². The van der Waals surface area contributed by atoms with Gasteiger partial charge in [0.05, 0.1) is 28.5 Å². The molecule has 1 fully saturated rings. The standard InChI is InChI=1S/C21H24N4O3S/c1-14(20-18-12-16(22)4-7-19(18)24-21(20)26)23-17-5-2-15(3-6-17)13-25-8-10-29(27,28)11-9-25/h2-7,12,24,26H,8-11,13,22H2,1H3. The molecular weight excluding hydrogens is 388 g/mol. The Morgan fingerprint density at radius 2 is 1.86 bits per heavy atom. The number of aliphatic imine (C=N–C) groups is 1. The zero-order valence-electron chi connectivity index (χ0n) is 16.2. The summed E-state index contributed by atoms with van der Waals surface area (Å²) >= 11 is 0. The van der Waals surface area contributed by atoms with Gasteiger partial charge in [-0.3, -0.25) is 9.89 Å². The Morgan fingerprint density at radius 3 is 2.55 bits per heavy atom. The van der Waals surface area contributed by atoms with E-state index in [4.69, 9.17) is 5.73 Å². The molecule has 1 saturated heterocycles. The molecule has 1 aromatic heterocycles. The van der Waals surface area contributed by atoms with Gasteiger partial charge in [-0.05, 0) is 42.8 Å². The van der Waals surface area contributed by atoms with Crippen LogP contribution < -0.4 is 5.73 Å². The van der Waals surface area contributed by atoms with Crippen molar-refractivity contribution in [1.82, 2.24) is 9.88 Å². The lowest BCUT2D eigenvalue weighted by Gasteiger charge is -2.26. The normalized spacial score (nSPS) is 17.6. The number of aromatic amines is 1. The Morgan fingerprint density at radius 1 is 1.17 bits per heavy atom. The Bertz CT molecular complexity index is 1170. The molecule has 0 spiro atoms. The van der Waals surface area contributed by atoms with E-state index in [0.717, 1.165) is 28.7 Å². The van der Waals surface area contributed by atoms with Gasteiger partial charge in [0.2, 0.25) is 0 Å². The third-order valence-corrected chi connectivity index (χ3v) is 6.85. The number of aromatic hydroxyl groups is 1. The fourth-order valence-corrected chi connectivity index (χ4v) is 4.93. The number of aromatic nitrogens is 1. The fourth-order valence-electron chi connectivity index (χ4n) is 3.65. The van der Waals surface area contributed by atoms with Crippen LogP contribution in [0.25, 0.3) is 10.9 Å². The van der Waals surface area contributed by atoms with E-state index in [1.807, 2.05) is 43.3 Å². The minimum absolute atomic E-state index is 0.0727. The molecule has 29 heavy (non-hydrogen) atoms. The second kappa shape index (κ2) is 7.53. The van der Waals surface area contributed by atoms with Gasteiger partial charge in [0.15, 0.2) is 15.7 Å². The number of hydrogen-bond acceptors (Lipinski definition) is 6. The number of hydrogen-bond donors (Lipinski definition) is 3. The Hall–Kier alpha value is -2.84. The first kappa shape index (κ1) is 19.5. The van der Waals surface area contributed by atoms with Gasteiger partial charge in [0.25, 0.3) is 0 Å². The molecule has 0 bridgehead atoms. The number of nitrogens with zero attached hydrogens (tertiary/aromatic N) is 2. The quantitative estimate of drug-likeness (QED) is 0.451. The van der Waals surface area contributed by atoms with Gasteiger partial charge in [0.1, 0.15) is 0 Å². The second-order valence-corrected chi connectivity index (χ2v) is 9.75. The number of nitrogen functional groups attached to an aromatic ring is 1. The van der Waals surface area contributed by atoms with E-state index < -0.39 is 9.84 Å². The largest absolute Gasteiger partial charge is 0.494 e. The van der Waals surface area contributed by atoms with Crippen LogP contribution >= 0.6 is 0 Å². The fraction of sp³-hybridized carbons (Fsp3) is 0.286. The molecule has 0 saturated carbocycles. The molecule has 152 valence electrons. The van der Waals surface area contributed by atoms with Gasteiger partial charge in [-0.1, -0.05) is 12.1 Å². The van der Waals surface area contributed by atoms with Crippen LogP contribution in [0.5, 0.6) is 5.88 Å². The van der Waals surface area contributed by atoms with Crippen molar-refractivity contribution in [2.24, 2.45) is 4.99 Å². The Balaban J connectivity index is 1.52. The van der Waals surface area contributed by atoms with Gasteiger partial charge in [-0.2, -0.15) is 0 Å². The van der Waals surface area contributed by atoms with E-state index >= 15 is 0 Å². The maximum absolute atomic E-state index is 11.5. The van der Waals surface area contributed by atoms with Crippen molar-refractivity contribution in [2.75, 3.05) is 30.3 Å². The van der Waals surface area contributed by atoms with Gasteiger partial charge in [0, 0.05) is 36.2 Å². The number of rotatable bonds is 4. The van der Waals surface area contributed by atoms with Crippen molar-refractivity contribution < 1.29 is 13.5 Å². The summed E-state index contributed by atoms with van der Waals surface area (Å²) in [4.78, 5) is 9.76. The molecule has 0 unspecified atom stereocenters. The van der Waals surface area contributed by atoms with Crippen LogP contribution in [0.2, 0.25) is 0 Å². The predicted molar refractivity (Wildman–Crippen MR) is 117 cm³/mol. The highest BCUT2D eigenvalue weighted by Crippen LogP contribution is 2.30. The van der Waals surface area contributed by atoms with Crippen LogP contribution in [0.3, 0.4) is 0 Å². The highest BCUT2D eigenvalue weighted by molar-refractivity contribution is 7.91. The summed E-state index contributed by atoms with van der Waals surface area (Å²) < 4.78 is 23.1. The maximum atomic E-state index is 11.5. The molecular formula is C21H24N4O3S. The van der Waals surface area contributed by atoms with E-state index in [0.29, 0.717) is 30.1 Å². The Labute approximate surface area is 169 Å². The number of anilines is 1. The van der Waals surface area contributed by atoms with E-state index in [-0.39, 0.29) is 17.4 Å². The summed E-state index contributed by atoms with van der Waals surface area (Å²) in [7, 11) is -2.86. The van der Waals surface area contributed by atoms with Crippen LogP contribution in [0.1, 0.15) is 18.1 Å². The minimum Gasteiger partial charge on any atom is -0.494 e. The van der Waals surface area contributed by atoms with Crippen molar-refractivity contribution >= 4 is 37.8 Å². The molecule has 0 radical (unpaired) electrons. The van der Waals surface area contributed by atoms with E-state index in [2.05, 4.69) is 14.9 Å². The average molecular weight is 413 g/mol. The molecule has 2 heterocycles. The van der Waals surface area contributed by atoms with Crippen LogP contribution in [0.4, 0.5) is 11.4 Å². The van der Waals surface area contributed by atoms with Crippen molar-refractivity contribution in [3.8, 4) is 5.88 Å². The van der Waals surface area contributed by atoms with Crippen molar-refractivity contribution in [3.63, 3.8) is 0 Å². The Kier molecular flexibility index (Phi) is 5.06. The number of fused-ring (bicyclic) bond motifs is 1. The van der Waals surface area contributed by atoms with Gasteiger partial charge in [-0.25, -0.2) is 8.42 Å². The minimum atomic E-state index is -2.86. The number of H-pyrrole nitrogens is 1. The molecule has 0 aliphatic carbocycles. The van der Waals surface area contributed by atoms with E-state index in [1.54, 1.807) is 6.07 Å². The molecule has 3 aromatic rings. The number of benzene rings is 2. The van der Waals surface area contributed by atoms with Crippen LogP contribution in [-0.2, 0) is 16.4 Å². The summed E-state index contributed by atoms with van der Waals surface area (Å²) in [5.41, 5.74) is 10.6. The smallest absolute Gasteiger partial charge is 0.198 e. The highest BCUT2D eigenvalue weighted by atomic mass is 32.2. The topological polar surface area (TPSA) is 112 Å². The van der Waals surface area contributed by atoms with E-state index in [1.165, 1.54) is 0 Å². The second-order valence-electron chi connectivity index (χ2n) is 7.45. The van der Waals surface area contributed by atoms with Crippen LogP contribution in [0, 0.1) is 0 Å². The van der Waals surface area contributed by atoms with Gasteiger partial charge >= 0.3 is 0 Å². The first-order valence-corrected chi connectivity index (χ1v) is 11.3. The molecule has 4 rings (SSSR count). The molecule has 7 nitrogen and oxygen atoms in total.